The minimum Gasteiger partial charge on any atom is -0.377 e. The van der Waals surface area contributed by atoms with E-state index in [-0.39, 0.29) is 0 Å². The second kappa shape index (κ2) is 4.38. The van der Waals surface area contributed by atoms with E-state index in [1.165, 1.54) is 0 Å². The molecule has 94 valence electrons. The zero-order valence-electron chi connectivity index (χ0n) is 10.5. The van der Waals surface area contributed by atoms with Crippen molar-refractivity contribution in [3.8, 4) is 0 Å². The first-order valence-corrected chi connectivity index (χ1v) is 6.59. The van der Waals surface area contributed by atoms with Crippen LogP contribution in [0.5, 0.6) is 0 Å². The van der Waals surface area contributed by atoms with Gasteiger partial charge in [0.15, 0.2) is 0 Å². The molecule has 1 aromatic rings. The Morgan fingerprint density at radius 3 is 3.06 bits per heavy atom. The largest absolute Gasteiger partial charge is 0.377 e. The zero-order chi connectivity index (χ0) is 11.8. The predicted octanol–water partition coefficient (Wildman–Crippen LogP) is 1.22. The maximum absolute atomic E-state index is 5.76. The summed E-state index contributed by atoms with van der Waals surface area (Å²) in [5.74, 6) is 2.65. The van der Waals surface area contributed by atoms with E-state index in [9.17, 15) is 0 Å². The predicted molar refractivity (Wildman–Crippen MR) is 63.8 cm³/mol. The topological polar surface area (TPSA) is 52.0 Å². The summed E-state index contributed by atoms with van der Waals surface area (Å²) in [7, 11) is 0. The van der Waals surface area contributed by atoms with Gasteiger partial charge in [0.2, 0.25) is 0 Å². The van der Waals surface area contributed by atoms with Crippen LogP contribution in [0.3, 0.4) is 0 Å². The van der Waals surface area contributed by atoms with E-state index >= 15 is 0 Å². The summed E-state index contributed by atoms with van der Waals surface area (Å²) in [6, 6.07) is 0.312. The third-order valence-corrected chi connectivity index (χ3v) is 3.92. The van der Waals surface area contributed by atoms with Crippen LogP contribution in [-0.4, -0.2) is 34.0 Å². The molecule has 3 rings (SSSR count). The van der Waals surface area contributed by atoms with Crippen LogP contribution >= 0.6 is 0 Å². The van der Waals surface area contributed by atoms with Crippen molar-refractivity contribution in [2.24, 2.45) is 0 Å². The molecule has 0 spiro atoms. The van der Waals surface area contributed by atoms with Crippen molar-refractivity contribution in [1.29, 1.82) is 0 Å². The minimum absolute atomic E-state index is 0.312. The Bertz CT molecular complexity index is 403. The molecule has 1 fully saturated rings. The number of fused-ring (bicyclic) bond motifs is 1. The van der Waals surface area contributed by atoms with Gasteiger partial charge in [-0.05, 0) is 19.8 Å². The SMILES string of the molecule is CCC1OCCC1c1nnc2n1CCNC2C. The lowest BCUT2D eigenvalue weighted by Gasteiger charge is -2.24. The lowest BCUT2D eigenvalue weighted by molar-refractivity contribution is 0.0987. The fraction of sp³-hybridized carbons (Fsp3) is 0.833. The van der Waals surface area contributed by atoms with E-state index in [1.54, 1.807) is 0 Å². The van der Waals surface area contributed by atoms with Crippen molar-refractivity contribution < 1.29 is 4.74 Å². The first kappa shape index (κ1) is 11.2. The maximum atomic E-state index is 5.76. The number of aromatic nitrogens is 3. The van der Waals surface area contributed by atoms with Gasteiger partial charge in [0.05, 0.1) is 12.1 Å². The Morgan fingerprint density at radius 2 is 2.24 bits per heavy atom. The summed E-state index contributed by atoms with van der Waals surface area (Å²) in [5, 5.41) is 12.2. The zero-order valence-corrected chi connectivity index (χ0v) is 10.5. The van der Waals surface area contributed by atoms with Crippen molar-refractivity contribution in [2.45, 2.75) is 51.3 Å². The molecule has 2 aliphatic heterocycles. The van der Waals surface area contributed by atoms with E-state index in [2.05, 4.69) is 33.9 Å². The first-order valence-electron chi connectivity index (χ1n) is 6.59. The molecule has 0 aromatic carbocycles. The molecule has 5 nitrogen and oxygen atoms in total. The van der Waals surface area contributed by atoms with E-state index in [0.717, 1.165) is 44.2 Å². The van der Waals surface area contributed by atoms with Crippen LogP contribution < -0.4 is 5.32 Å². The Balaban J connectivity index is 1.93. The first-order chi connectivity index (χ1) is 8.31. The molecule has 3 unspecified atom stereocenters. The van der Waals surface area contributed by atoms with Crippen LogP contribution in [0.2, 0.25) is 0 Å². The monoisotopic (exact) mass is 236 g/mol. The number of nitrogens with one attached hydrogen (secondary N) is 1. The molecule has 0 aliphatic carbocycles. The average Bonchev–Trinajstić information content (AvgIpc) is 2.94. The Morgan fingerprint density at radius 1 is 1.41 bits per heavy atom. The Hall–Kier alpha value is -0.940. The summed E-state index contributed by atoms with van der Waals surface area (Å²) < 4.78 is 8.05. The number of ether oxygens (including phenoxy) is 1. The summed E-state index contributed by atoms with van der Waals surface area (Å²) in [5.41, 5.74) is 0. The molecule has 1 aromatic heterocycles. The highest BCUT2D eigenvalue weighted by atomic mass is 16.5. The summed E-state index contributed by atoms with van der Waals surface area (Å²) >= 11 is 0. The van der Waals surface area contributed by atoms with Crippen LogP contribution in [0.4, 0.5) is 0 Å². The molecule has 3 heterocycles. The van der Waals surface area contributed by atoms with E-state index in [0.29, 0.717) is 18.1 Å². The second-order valence-corrected chi connectivity index (χ2v) is 4.96. The molecule has 3 atom stereocenters. The molecular weight excluding hydrogens is 216 g/mol. The van der Waals surface area contributed by atoms with Crippen LogP contribution in [0.1, 0.15) is 50.3 Å². The number of hydrogen-bond donors (Lipinski definition) is 1. The summed E-state index contributed by atoms with van der Waals surface area (Å²) in [6.07, 6.45) is 2.47. The van der Waals surface area contributed by atoms with Crippen molar-refractivity contribution in [3.05, 3.63) is 11.6 Å². The molecule has 1 saturated heterocycles. The normalized spacial score (nSPS) is 32.7. The van der Waals surface area contributed by atoms with Gasteiger partial charge in [0.1, 0.15) is 11.6 Å². The highest BCUT2D eigenvalue weighted by molar-refractivity contribution is 5.10. The van der Waals surface area contributed by atoms with Crippen LogP contribution in [0.15, 0.2) is 0 Å². The van der Waals surface area contributed by atoms with Gasteiger partial charge in [0.25, 0.3) is 0 Å². The fourth-order valence-corrected chi connectivity index (χ4v) is 2.98. The minimum atomic E-state index is 0.312. The van der Waals surface area contributed by atoms with Crippen molar-refractivity contribution in [2.75, 3.05) is 13.2 Å². The highest BCUT2D eigenvalue weighted by Crippen LogP contribution is 2.33. The maximum Gasteiger partial charge on any atom is 0.149 e. The summed E-state index contributed by atoms with van der Waals surface area (Å²) in [6.45, 7) is 7.17. The fourth-order valence-electron chi connectivity index (χ4n) is 2.98. The molecule has 5 heteroatoms. The van der Waals surface area contributed by atoms with Gasteiger partial charge >= 0.3 is 0 Å². The molecule has 17 heavy (non-hydrogen) atoms. The molecule has 1 N–H and O–H groups in total. The van der Waals surface area contributed by atoms with Gasteiger partial charge in [0, 0.05) is 25.6 Å². The smallest absolute Gasteiger partial charge is 0.149 e. The van der Waals surface area contributed by atoms with Crippen molar-refractivity contribution >= 4 is 0 Å². The molecular formula is C12H20N4O. The van der Waals surface area contributed by atoms with Gasteiger partial charge in [-0.25, -0.2) is 0 Å². The quantitative estimate of drug-likeness (QED) is 0.839. The lowest BCUT2D eigenvalue weighted by atomic mass is 9.98. The van der Waals surface area contributed by atoms with Crippen LogP contribution in [0, 0.1) is 0 Å². The standard InChI is InChI=1S/C12H20N4O/c1-3-10-9(4-7-17-10)12-15-14-11-8(2)13-5-6-16(11)12/h8-10,13H,3-7H2,1-2H3. The van der Waals surface area contributed by atoms with Gasteiger partial charge in [-0.1, -0.05) is 6.92 Å². The van der Waals surface area contributed by atoms with Crippen molar-refractivity contribution in [1.82, 2.24) is 20.1 Å². The Kier molecular flexibility index (Phi) is 2.88. The highest BCUT2D eigenvalue weighted by Gasteiger charge is 2.34. The molecule has 0 amide bonds. The van der Waals surface area contributed by atoms with Crippen molar-refractivity contribution in [3.63, 3.8) is 0 Å². The van der Waals surface area contributed by atoms with Gasteiger partial charge in [-0.15, -0.1) is 10.2 Å². The average molecular weight is 236 g/mol. The molecule has 0 bridgehead atoms. The number of rotatable bonds is 2. The molecule has 2 aliphatic rings. The molecule has 0 saturated carbocycles. The molecule has 0 radical (unpaired) electrons. The van der Waals surface area contributed by atoms with E-state index in [1.807, 2.05) is 0 Å². The Labute approximate surface area is 102 Å². The lowest BCUT2D eigenvalue weighted by Crippen LogP contribution is -2.33. The van der Waals surface area contributed by atoms with Crippen LogP contribution in [0.25, 0.3) is 0 Å². The van der Waals surface area contributed by atoms with Gasteiger partial charge < -0.3 is 14.6 Å². The van der Waals surface area contributed by atoms with Crippen LogP contribution in [-0.2, 0) is 11.3 Å². The third-order valence-electron chi connectivity index (χ3n) is 3.92. The number of hydrogen-bond acceptors (Lipinski definition) is 4. The van der Waals surface area contributed by atoms with E-state index < -0.39 is 0 Å². The van der Waals surface area contributed by atoms with Gasteiger partial charge in [-0.3, -0.25) is 0 Å². The summed E-state index contributed by atoms with van der Waals surface area (Å²) in [4.78, 5) is 0. The van der Waals surface area contributed by atoms with Gasteiger partial charge in [-0.2, -0.15) is 0 Å². The van der Waals surface area contributed by atoms with E-state index in [4.69, 9.17) is 4.74 Å². The second-order valence-electron chi connectivity index (χ2n) is 4.96. The number of nitrogens with zero attached hydrogens (tertiary/aromatic N) is 3. The third kappa shape index (κ3) is 1.77.